The van der Waals surface area contributed by atoms with Crippen molar-refractivity contribution in [3.63, 3.8) is 0 Å². The van der Waals surface area contributed by atoms with Crippen molar-refractivity contribution in [3.8, 4) is 23.0 Å². The van der Waals surface area contributed by atoms with Gasteiger partial charge in [0.1, 0.15) is 12.4 Å². The summed E-state index contributed by atoms with van der Waals surface area (Å²) in [6.45, 7) is 4.65. The number of hydrogen-bond donors (Lipinski definition) is 1. The highest BCUT2D eigenvalue weighted by molar-refractivity contribution is 5.94. The molecule has 158 valence electrons. The molecule has 0 bridgehead atoms. The van der Waals surface area contributed by atoms with Gasteiger partial charge in [-0.3, -0.25) is 4.79 Å². The van der Waals surface area contributed by atoms with Crippen LogP contribution in [0.5, 0.6) is 11.6 Å². The van der Waals surface area contributed by atoms with Crippen LogP contribution in [0, 0.1) is 13.8 Å². The first-order chi connectivity index (χ1) is 15.0. The summed E-state index contributed by atoms with van der Waals surface area (Å²) in [5.74, 6) is 1.59. The van der Waals surface area contributed by atoms with Gasteiger partial charge < -0.3 is 14.8 Å². The number of nitrogens with one attached hydrogen (secondary N) is 1. The number of aromatic nitrogens is 4. The van der Waals surface area contributed by atoms with E-state index in [1.54, 1.807) is 23.8 Å². The summed E-state index contributed by atoms with van der Waals surface area (Å²) in [5.41, 5.74) is 4.31. The van der Waals surface area contributed by atoms with Gasteiger partial charge >= 0.3 is 0 Å². The smallest absolute Gasteiger partial charge is 0.251 e. The Hall–Kier alpha value is -3.94. The van der Waals surface area contributed by atoms with Crippen molar-refractivity contribution in [1.82, 2.24) is 25.1 Å². The summed E-state index contributed by atoms with van der Waals surface area (Å²) >= 11 is 0. The minimum atomic E-state index is -0.130. The Balaban J connectivity index is 1.41. The topological polar surface area (TPSA) is 90.6 Å². The van der Waals surface area contributed by atoms with Gasteiger partial charge in [-0.25, -0.2) is 0 Å². The standard InChI is InChI=1S/C23H23N5O3/c1-15-7-8-18(13-16(15)2)23(29)24-11-12-31-21-10-9-20-25-26-22(28(20)27-21)17-5-4-6-19(14-17)30-3/h4-10,13-14H,11-12H2,1-3H3,(H,24,29). The summed E-state index contributed by atoms with van der Waals surface area (Å²) in [4.78, 5) is 12.3. The number of fused-ring (bicyclic) bond motifs is 1. The Labute approximate surface area is 179 Å². The molecule has 0 aliphatic rings. The molecule has 8 nitrogen and oxygen atoms in total. The SMILES string of the molecule is COc1cccc(-c2nnc3ccc(OCCNC(=O)c4ccc(C)c(C)c4)nn23)c1. The van der Waals surface area contributed by atoms with Crippen molar-refractivity contribution in [2.24, 2.45) is 0 Å². The molecule has 2 heterocycles. The number of aryl methyl sites for hydroxylation is 2. The molecule has 0 radical (unpaired) electrons. The third-order valence-corrected chi connectivity index (χ3v) is 4.97. The summed E-state index contributed by atoms with van der Waals surface area (Å²) in [6, 6.07) is 16.7. The van der Waals surface area contributed by atoms with Gasteiger partial charge in [0.05, 0.1) is 13.7 Å². The third-order valence-electron chi connectivity index (χ3n) is 4.97. The lowest BCUT2D eigenvalue weighted by Gasteiger charge is -2.09. The molecule has 31 heavy (non-hydrogen) atoms. The zero-order chi connectivity index (χ0) is 21.8. The quantitative estimate of drug-likeness (QED) is 0.464. The maximum Gasteiger partial charge on any atom is 0.251 e. The average Bonchev–Trinajstić information content (AvgIpc) is 3.21. The molecule has 0 fully saturated rings. The first-order valence-electron chi connectivity index (χ1n) is 9.90. The molecule has 1 amide bonds. The van der Waals surface area contributed by atoms with Crippen molar-refractivity contribution in [3.05, 3.63) is 71.3 Å². The molecule has 0 atom stereocenters. The Morgan fingerprint density at radius 1 is 1.03 bits per heavy atom. The fourth-order valence-corrected chi connectivity index (χ4v) is 3.10. The zero-order valence-electron chi connectivity index (χ0n) is 17.6. The predicted molar refractivity (Wildman–Crippen MR) is 117 cm³/mol. The predicted octanol–water partition coefficient (Wildman–Crippen LogP) is 3.23. The van der Waals surface area contributed by atoms with Crippen LogP contribution in [-0.4, -0.2) is 46.0 Å². The summed E-state index contributed by atoms with van der Waals surface area (Å²) in [6.07, 6.45) is 0. The summed E-state index contributed by atoms with van der Waals surface area (Å²) < 4.78 is 12.6. The maximum atomic E-state index is 12.3. The van der Waals surface area contributed by atoms with Crippen LogP contribution in [0.4, 0.5) is 0 Å². The van der Waals surface area contributed by atoms with Crippen molar-refractivity contribution >= 4 is 11.6 Å². The number of benzene rings is 2. The first kappa shape index (κ1) is 20.3. The molecular weight excluding hydrogens is 394 g/mol. The van der Waals surface area contributed by atoms with E-state index in [-0.39, 0.29) is 12.5 Å². The molecule has 0 spiro atoms. The average molecular weight is 417 g/mol. The fourth-order valence-electron chi connectivity index (χ4n) is 3.10. The molecular formula is C23H23N5O3. The van der Waals surface area contributed by atoms with E-state index < -0.39 is 0 Å². The number of ether oxygens (including phenoxy) is 2. The lowest BCUT2D eigenvalue weighted by molar-refractivity contribution is 0.0946. The molecule has 0 aliphatic heterocycles. The highest BCUT2D eigenvalue weighted by Crippen LogP contribution is 2.23. The van der Waals surface area contributed by atoms with Gasteiger partial charge in [0.15, 0.2) is 11.5 Å². The van der Waals surface area contributed by atoms with Crippen LogP contribution in [0.2, 0.25) is 0 Å². The van der Waals surface area contributed by atoms with Gasteiger partial charge in [-0.15, -0.1) is 15.3 Å². The number of methoxy groups -OCH3 is 1. The third kappa shape index (κ3) is 4.48. The number of hydrogen-bond acceptors (Lipinski definition) is 6. The van der Waals surface area contributed by atoms with Crippen LogP contribution >= 0.6 is 0 Å². The van der Waals surface area contributed by atoms with Crippen molar-refractivity contribution in [1.29, 1.82) is 0 Å². The first-order valence-corrected chi connectivity index (χ1v) is 9.90. The van der Waals surface area contributed by atoms with E-state index >= 15 is 0 Å². The summed E-state index contributed by atoms with van der Waals surface area (Å²) in [5, 5.41) is 15.7. The zero-order valence-corrected chi connectivity index (χ0v) is 17.6. The minimum absolute atomic E-state index is 0.130. The monoisotopic (exact) mass is 417 g/mol. The Morgan fingerprint density at radius 3 is 2.71 bits per heavy atom. The van der Waals surface area contributed by atoms with E-state index in [1.807, 2.05) is 56.3 Å². The Bertz CT molecular complexity index is 1240. The van der Waals surface area contributed by atoms with Gasteiger partial charge in [0, 0.05) is 17.2 Å². The van der Waals surface area contributed by atoms with Gasteiger partial charge in [-0.05, 0) is 55.3 Å². The van der Waals surface area contributed by atoms with Crippen molar-refractivity contribution < 1.29 is 14.3 Å². The van der Waals surface area contributed by atoms with E-state index in [4.69, 9.17) is 9.47 Å². The molecule has 2 aromatic carbocycles. The Morgan fingerprint density at radius 2 is 1.90 bits per heavy atom. The van der Waals surface area contributed by atoms with Gasteiger partial charge in [-0.2, -0.15) is 4.52 Å². The van der Waals surface area contributed by atoms with Gasteiger partial charge in [0.2, 0.25) is 5.88 Å². The highest BCUT2D eigenvalue weighted by Gasteiger charge is 2.12. The van der Waals surface area contributed by atoms with E-state index in [0.717, 1.165) is 22.4 Å². The molecule has 2 aromatic heterocycles. The number of rotatable bonds is 7. The molecule has 0 unspecified atom stereocenters. The lowest BCUT2D eigenvalue weighted by atomic mass is 10.1. The fraction of sp³-hybridized carbons (Fsp3) is 0.217. The number of nitrogens with zero attached hydrogens (tertiary/aromatic N) is 4. The second kappa shape index (κ2) is 8.83. The number of amides is 1. The van der Waals surface area contributed by atoms with E-state index in [0.29, 0.717) is 29.5 Å². The largest absolute Gasteiger partial charge is 0.497 e. The van der Waals surface area contributed by atoms with Crippen LogP contribution in [0.25, 0.3) is 17.0 Å². The molecule has 0 aliphatic carbocycles. The Kier molecular flexibility index (Phi) is 5.79. The van der Waals surface area contributed by atoms with Crippen LogP contribution in [0.1, 0.15) is 21.5 Å². The molecule has 0 saturated carbocycles. The molecule has 4 rings (SSSR count). The minimum Gasteiger partial charge on any atom is -0.497 e. The lowest BCUT2D eigenvalue weighted by Crippen LogP contribution is -2.28. The van der Waals surface area contributed by atoms with E-state index in [9.17, 15) is 4.79 Å². The highest BCUT2D eigenvalue weighted by atomic mass is 16.5. The maximum absolute atomic E-state index is 12.3. The van der Waals surface area contributed by atoms with Crippen molar-refractivity contribution in [2.45, 2.75) is 13.8 Å². The van der Waals surface area contributed by atoms with Gasteiger partial charge in [-0.1, -0.05) is 18.2 Å². The molecule has 0 saturated heterocycles. The van der Waals surface area contributed by atoms with E-state index in [1.165, 1.54) is 0 Å². The molecule has 4 aromatic rings. The number of carbonyl (C=O) groups excluding carboxylic acids is 1. The van der Waals surface area contributed by atoms with Crippen LogP contribution in [0.3, 0.4) is 0 Å². The molecule has 1 N–H and O–H groups in total. The van der Waals surface area contributed by atoms with E-state index in [2.05, 4.69) is 20.6 Å². The van der Waals surface area contributed by atoms with Gasteiger partial charge in [0.25, 0.3) is 5.91 Å². The number of carbonyl (C=O) groups is 1. The van der Waals surface area contributed by atoms with Crippen molar-refractivity contribution in [2.75, 3.05) is 20.3 Å². The summed E-state index contributed by atoms with van der Waals surface area (Å²) in [7, 11) is 1.62. The normalized spacial score (nSPS) is 10.8. The van der Waals surface area contributed by atoms with Crippen LogP contribution < -0.4 is 14.8 Å². The van der Waals surface area contributed by atoms with Crippen LogP contribution in [0.15, 0.2) is 54.6 Å². The second-order valence-electron chi connectivity index (χ2n) is 7.10. The second-order valence-corrected chi connectivity index (χ2v) is 7.10. The molecule has 8 heteroatoms. The van der Waals surface area contributed by atoms with Crippen LogP contribution in [-0.2, 0) is 0 Å².